The van der Waals surface area contributed by atoms with Crippen LogP contribution in [0.25, 0.3) is 0 Å². The van der Waals surface area contributed by atoms with E-state index in [4.69, 9.17) is 9.84 Å². The molecule has 1 heterocycles. The Morgan fingerprint density at radius 1 is 1.50 bits per heavy atom. The summed E-state index contributed by atoms with van der Waals surface area (Å²) in [5.74, 6) is -0.156. The molecule has 0 aromatic heterocycles. The molecule has 1 amide bonds. The number of aliphatic hydroxyl groups is 1. The minimum absolute atomic E-state index is 0.0558. The molecule has 1 aromatic carbocycles. The fraction of sp³-hybridized carbons (Fsp3) is 0.417. The van der Waals surface area contributed by atoms with Crippen molar-refractivity contribution in [3.8, 4) is 0 Å². The Balaban J connectivity index is 2.12. The lowest BCUT2D eigenvalue weighted by Crippen LogP contribution is -2.35. The molecule has 2 rings (SSSR count). The van der Waals surface area contributed by atoms with Crippen LogP contribution in [0.15, 0.2) is 18.2 Å². The molecule has 0 aliphatic carbocycles. The fourth-order valence-electron chi connectivity index (χ4n) is 1.67. The first-order chi connectivity index (χ1) is 7.70. The molecule has 86 valence electrons. The standard InChI is InChI=1S/C12H15NO3/c1-8(5-14)13-12(15)9-2-3-10-6-16-7-11(10)4-9/h2-4,8,14H,5-7H2,1H3,(H,13,15). The molecular formula is C12H15NO3. The largest absolute Gasteiger partial charge is 0.394 e. The average Bonchev–Trinajstić information content (AvgIpc) is 2.75. The molecule has 1 aliphatic heterocycles. The SMILES string of the molecule is CC(CO)NC(=O)c1ccc2c(c1)COC2. The summed E-state index contributed by atoms with van der Waals surface area (Å²) in [6.45, 7) is 2.91. The summed E-state index contributed by atoms with van der Waals surface area (Å²) in [4.78, 5) is 11.8. The lowest BCUT2D eigenvalue weighted by molar-refractivity contribution is 0.0922. The van der Waals surface area contributed by atoms with Crippen molar-refractivity contribution in [1.82, 2.24) is 5.32 Å². The Hall–Kier alpha value is -1.39. The van der Waals surface area contributed by atoms with E-state index in [1.165, 1.54) is 0 Å². The van der Waals surface area contributed by atoms with Crippen LogP contribution in [0.2, 0.25) is 0 Å². The van der Waals surface area contributed by atoms with E-state index < -0.39 is 0 Å². The van der Waals surface area contributed by atoms with Crippen LogP contribution < -0.4 is 5.32 Å². The molecule has 4 heteroatoms. The van der Waals surface area contributed by atoms with Gasteiger partial charge in [0.15, 0.2) is 0 Å². The number of carbonyl (C=O) groups excluding carboxylic acids is 1. The first kappa shape index (κ1) is 11.1. The molecule has 1 atom stereocenters. The number of benzene rings is 1. The minimum atomic E-state index is -0.225. The second kappa shape index (κ2) is 4.63. The highest BCUT2D eigenvalue weighted by Gasteiger charge is 2.15. The molecule has 2 N–H and O–H groups in total. The molecule has 0 bridgehead atoms. The quantitative estimate of drug-likeness (QED) is 0.794. The van der Waals surface area contributed by atoms with Crippen molar-refractivity contribution in [3.63, 3.8) is 0 Å². The molecule has 1 unspecified atom stereocenters. The van der Waals surface area contributed by atoms with Gasteiger partial charge in [0.05, 0.1) is 19.8 Å². The normalized spacial score (nSPS) is 15.6. The van der Waals surface area contributed by atoms with Crippen LogP contribution >= 0.6 is 0 Å². The summed E-state index contributed by atoms with van der Waals surface area (Å²) >= 11 is 0. The van der Waals surface area contributed by atoms with E-state index in [1.54, 1.807) is 13.0 Å². The van der Waals surface area contributed by atoms with Crippen molar-refractivity contribution in [2.24, 2.45) is 0 Å². The third-order valence-corrected chi connectivity index (χ3v) is 2.63. The molecule has 0 fully saturated rings. The maximum absolute atomic E-state index is 11.8. The van der Waals surface area contributed by atoms with E-state index in [1.807, 2.05) is 12.1 Å². The molecule has 1 aromatic rings. The van der Waals surface area contributed by atoms with E-state index >= 15 is 0 Å². The van der Waals surface area contributed by atoms with Gasteiger partial charge in [0.2, 0.25) is 0 Å². The zero-order chi connectivity index (χ0) is 11.5. The van der Waals surface area contributed by atoms with E-state index in [9.17, 15) is 4.79 Å². The second-order valence-electron chi connectivity index (χ2n) is 4.03. The molecule has 16 heavy (non-hydrogen) atoms. The first-order valence-corrected chi connectivity index (χ1v) is 5.32. The summed E-state index contributed by atoms with van der Waals surface area (Å²) in [6.07, 6.45) is 0. The van der Waals surface area contributed by atoms with Crippen molar-refractivity contribution in [1.29, 1.82) is 0 Å². The predicted molar refractivity (Wildman–Crippen MR) is 58.9 cm³/mol. The number of amides is 1. The average molecular weight is 221 g/mol. The minimum Gasteiger partial charge on any atom is -0.394 e. The zero-order valence-electron chi connectivity index (χ0n) is 9.19. The molecule has 0 radical (unpaired) electrons. The van der Waals surface area contributed by atoms with Crippen molar-refractivity contribution in [2.45, 2.75) is 26.2 Å². The maximum atomic E-state index is 11.8. The maximum Gasteiger partial charge on any atom is 0.251 e. The molecule has 4 nitrogen and oxygen atoms in total. The van der Waals surface area contributed by atoms with Gasteiger partial charge in [0.1, 0.15) is 0 Å². The fourth-order valence-corrected chi connectivity index (χ4v) is 1.67. The lowest BCUT2D eigenvalue weighted by atomic mass is 10.1. The van der Waals surface area contributed by atoms with Gasteiger partial charge < -0.3 is 15.2 Å². The number of rotatable bonds is 3. The summed E-state index contributed by atoms with van der Waals surface area (Å²) < 4.78 is 5.28. The van der Waals surface area contributed by atoms with E-state index in [0.29, 0.717) is 18.8 Å². The van der Waals surface area contributed by atoms with Crippen LogP contribution in [-0.4, -0.2) is 23.7 Å². The van der Waals surface area contributed by atoms with Crippen LogP contribution in [0.4, 0.5) is 0 Å². The van der Waals surface area contributed by atoms with Crippen molar-refractivity contribution < 1.29 is 14.6 Å². The molecular weight excluding hydrogens is 206 g/mol. The molecule has 0 saturated carbocycles. The monoisotopic (exact) mass is 221 g/mol. The summed E-state index contributed by atoms with van der Waals surface area (Å²) in [6, 6.07) is 5.33. The van der Waals surface area contributed by atoms with Crippen LogP contribution in [0, 0.1) is 0 Å². The first-order valence-electron chi connectivity index (χ1n) is 5.32. The highest BCUT2D eigenvalue weighted by Crippen LogP contribution is 2.20. The molecule has 1 aliphatic rings. The Morgan fingerprint density at radius 3 is 3.00 bits per heavy atom. The zero-order valence-corrected chi connectivity index (χ0v) is 9.19. The number of hydrogen-bond donors (Lipinski definition) is 2. The Kier molecular flexibility index (Phi) is 3.22. The third-order valence-electron chi connectivity index (χ3n) is 2.63. The van der Waals surface area contributed by atoms with Crippen LogP contribution in [-0.2, 0) is 18.0 Å². The highest BCUT2D eigenvalue weighted by molar-refractivity contribution is 5.94. The van der Waals surface area contributed by atoms with Gasteiger partial charge in [-0.05, 0) is 30.2 Å². The van der Waals surface area contributed by atoms with Crippen molar-refractivity contribution in [3.05, 3.63) is 34.9 Å². The number of aliphatic hydroxyl groups excluding tert-OH is 1. The van der Waals surface area contributed by atoms with Gasteiger partial charge in [-0.1, -0.05) is 6.07 Å². The topological polar surface area (TPSA) is 58.6 Å². The predicted octanol–water partition coefficient (Wildman–Crippen LogP) is 0.827. The second-order valence-corrected chi connectivity index (χ2v) is 4.03. The Bertz CT molecular complexity index is 403. The van der Waals surface area contributed by atoms with E-state index in [2.05, 4.69) is 5.32 Å². The van der Waals surface area contributed by atoms with Crippen molar-refractivity contribution in [2.75, 3.05) is 6.61 Å². The summed E-state index contributed by atoms with van der Waals surface area (Å²) in [7, 11) is 0. The number of ether oxygens (including phenoxy) is 1. The number of hydrogen-bond acceptors (Lipinski definition) is 3. The van der Waals surface area contributed by atoms with Crippen LogP contribution in [0.3, 0.4) is 0 Å². The van der Waals surface area contributed by atoms with Gasteiger partial charge >= 0.3 is 0 Å². The van der Waals surface area contributed by atoms with Gasteiger partial charge in [-0.15, -0.1) is 0 Å². The number of nitrogens with one attached hydrogen (secondary N) is 1. The van der Waals surface area contributed by atoms with Crippen molar-refractivity contribution >= 4 is 5.91 Å². The molecule has 0 saturated heterocycles. The van der Waals surface area contributed by atoms with Crippen LogP contribution in [0.1, 0.15) is 28.4 Å². The number of carbonyl (C=O) groups is 1. The highest BCUT2D eigenvalue weighted by atomic mass is 16.5. The van der Waals surface area contributed by atoms with Gasteiger partial charge in [-0.25, -0.2) is 0 Å². The van der Waals surface area contributed by atoms with Crippen LogP contribution in [0.5, 0.6) is 0 Å². The lowest BCUT2D eigenvalue weighted by Gasteiger charge is -2.11. The summed E-state index contributed by atoms with van der Waals surface area (Å²) in [5.41, 5.74) is 2.83. The van der Waals surface area contributed by atoms with Gasteiger partial charge in [-0.2, -0.15) is 0 Å². The third kappa shape index (κ3) is 2.23. The Labute approximate surface area is 94.2 Å². The van der Waals surface area contributed by atoms with Gasteiger partial charge in [0.25, 0.3) is 5.91 Å². The smallest absolute Gasteiger partial charge is 0.251 e. The van der Waals surface area contributed by atoms with E-state index in [0.717, 1.165) is 11.1 Å². The van der Waals surface area contributed by atoms with E-state index in [-0.39, 0.29) is 18.6 Å². The Morgan fingerprint density at radius 2 is 2.25 bits per heavy atom. The number of fused-ring (bicyclic) bond motifs is 1. The van der Waals surface area contributed by atoms with Gasteiger partial charge in [0, 0.05) is 11.6 Å². The molecule has 0 spiro atoms. The summed E-state index contributed by atoms with van der Waals surface area (Å²) in [5, 5.41) is 11.6. The van der Waals surface area contributed by atoms with Gasteiger partial charge in [-0.3, -0.25) is 4.79 Å².